The molecular weight excluding hydrogens is 357 g/mol. The van der Waals surface area contributed by atoms with E-state index < -0.39 is 21.7 Å². The van der Waals surface area contributed by atoms with Crippen LogP contribution in [0.25, 0.3) is 6.08 Å². The predicted molar refractivity (Wildman–Crippen MR) is 89.8 cm³/mol. The second-order valence-electron chi connectivity index (χ2n) is 4.68. The van der Waals surface area contributed by atoms with Crippen LogP contribution in [0.2, 0.25) is 5.02 Å². The summed E-state index contributed by atoms with van der Waals surface area (Å²) in [5.74, 6) is -1.01. The fraction of sp³-hybridized carbons (Fsp3) is 0.0625. The number of nitrogens with one attached hydrogen (secondary N) is 1. The maximum Gasteiger partial charge on any atom is 0.266 e. The number of carbonyl (C=O) groups excluding carboxylic acids is 1. The summed E-state index contributed by atoms with van der Waals surface area (Å²) in [7, 11) is -2.55. The first kappa shape index (κ1) is 18.0. The Kier molecular flexibility index (Phi) is 5.58. The minimum Gasteiger partial charge on any atom is -0.497 e. The van der Waals surface area contributed by atoms with Crippen molar-refractivity contribution in [3.05, 3.63) is 69.8 Å². The number of amides is 1. The number of hydrogen-bond donors (Lipinski definition) is 1. The zero-order valence-electron chi connectivity index (χ0n) is 12.5. The Balaban J connectivity index is 2.15. The summed E-state index contributed by atoms with van der Waals surface area (Å²) in [6.45, 7) is 0. The number of methoxy groups -OCH3 is 1. The van der Waals surface area contributed by atoms with E-state index in [1.807, 2.05) is 4.72 Å². The molecular formula is C16H13ClFNO4S. The summed E-state index contributed by atoms with van der Waals surface area (Å²) in [5, 5.41) is 0.663. The van der Waals surface area contributed by atoms with E-state index in [-0.39, 0.29) is 10.6 Å². The van der Waals surface area contributed by atoms with Gasteiger partial charge in [-0.15, -0.1) is 0 Å². The van der Waals surface area contributed by atoms with Crippen LogP contribution in [-0.2, 0) is 10.0 Å². The van der Waals surface area contributed by atoms with Crippen molar-refractivity contribution < 1.29 is 22.3 Å². The van der Waals surface area contributed by atoms with E-state index in [0.717, 1.165) is 23.6 Å². The maximum absolute atomic E-state index is 13.0. The molecule has 0 aliphatic rings. The van der Waals surface area contributed by atoms with E-state index in [1.165, 1.54) is 13.2 Å². The average molecular weight is 370 g/mol. The monoisotopic (exact) mass is 369 g/mol. The second-order valence-corrected chi connectivity index (χ2v) is 6.65. The summed E-state index contributed by atoms with van der Waals surface area (Å²) < 4.78 is 43.7. The first-order valence-corrected chi connectivity index (χ1v) is 8.57. The number of ether oxygens (including phenoxy) is 1. The highest BCUT2D eigenvalue weighted by Gasteiger charge is 2.16. The molecule has 5 nitrogen and oxygen atoms in total. The third-order valence-electron chi connectivity index (χ3n) is 2.94. The predicted octanol–water partition coefficient (Wildman–Crippen LogP) is 3.22. The first-order valence-electron chi connectivity index (χ1n) is 6.65. The molecule has 8 heteroatoms. The largest absolute Gasteiger partial charge is 0.497 e. The van der Waals surface area contributed by atoms with E-state index in [1.54, 1.807) is 24.3 Å². The lowest BCUT2D eigenvalue weighted by molar-refractivity contribution is 0.0982. The van der Waals surface area contributed by atoms with Gasteiger partial charge in [0.25, 0.3) is 15.9 Å². The van der Waals surface area contributed by atoms with Gasteiger partial charge in [-0.25, -0.2) is 17.5 Å². The topological polar surface area (TPSA) is 72.5 Å². The van der Waals surface area contributed by atoms with Gasteiger partial charge in [-0.05, 0) is 42.0 Å². The van der Waals surface area contributed by atoms with Crippen LogP contribution in [0.5, 0.6) is 5.75 Å². The Morgan fingerprint density at radius 2 is 2.00 bits per heavy atom. The van der Waals surface area contributed by atoms with Crippen LogP contribution in [0.15, 0.2) is 47.9 Å². The van der Waals surface area contributed by atoms with Crippen LogP contribution < -0.4 is 9.46 Å². The van der Waals surface area contributed by atoms with Crippen molar-refractivity contribution in [1.82, 2.24) is 4.72 Å². The molecule has 0 atom stereocenters. The molecule has 126 valence electrons. The first-order chi connectivity index (χ1) is 11.3. The van der Waals surface area contributed by atoms with Crippen molar-refractivity contribution in [2.24, 2.45) is 0 Å². The lowest BCUT2D eigenvalue weighted by Crippen LogP contribution is -2.29. The van der Waals surface area contributed by atoms with Gasteiger partial charge in [0.05, 0.1) is 23.1 Å². The molecule has 0 aromatic heterocycles. The van der Waals surface area contributed by atoms with E-state index in [2.05, 4.69) is 0 Å². The third-order valence-corrected chi connectivity index (χ3v) is 4.22. The number of benzene rings is 2. The van der Waals surface area contributed by atoms with E-state index in [0.29, 0.717) is 11.3 Å². The quantitative estimate of drug-likeness (QED) is 0.878. The molecule has 0 aliphatic heterocycles. The third kappa shape index (κ3) is 4.81. The minimum atomic E-state index is -4.05. The smallest absolute Gasteiger partial charge is 0.266 e. The molecule has 0 fully saturated rings. The van der Waals surface area contributed by atoms with Crippen molar-refractivity contribution in [3.63, 3.8) is 0 Å². The molecule has 0 heterocycles. The standard InChI is InChI=1S/C16H13ClFNO4S/c1-23-13-4-2-3-11(9-13)7-8-24(21,22)19-16(20)14-6-5-12(18)10-15(14)17/h2-10H,1H3,(H,19,20). The lowest BCUT2D eigenvalue weighted by Gasteiger charge is -2.05. The summed E-state index contributed by atoms with van der Waals surface area (Å²) >= 11 is 5.73. The van der Waals surface area contributed by atoms with Crippen LogP contribution in [-0.4, -0.2) is 21.4 Å². The van der Waals surface area contributed by atoms with Gasteiger partial charge in [0, 0.05) is 0 Å². The Bertz CT molecular complexity index is 897. The number of hydrogen-bond acceptors (Lipinski definition) is 4. The van der Waals surface area contributed by atoms with Gasteiger partial charge in [-0.1, -0.05) is 23.7 Å². The number of halogens is 2. The van der Waals surface area contributed by atoms with Crippen LogP contribution in [0.4, 0.5) is 4.39 Å². The van der Waals surface area contributed by atoms with Gasteiger partial charge >= 0.3 is 0 Å². The van der Waals surface area contributed by atoms with Crippen molar-refractivity contribution in [2.75, 3.05) is 7.11 Å². The van der Waals surface area contributed by atoms with Crippen molar-refractivity contribution in [2.45, 2.75) is 0 Å². The molecule has 2 aromatic rings. The van der Waals surface area contributed by atoms with Crippen LogP contribution >= 0.6 is 11.6 Å². The molecule has 1 amide bonds. The molecule has 0 saturated carbocycles. The molecule has 0 radical (unpaired) electrons. The fourth-order valence-electron chi connectivity index (χ4n) is 1.81. The van der Waals surface area contributed by atoms with E-state index >= 15 is 0 Å². The van der Waals surface area contributed by atoms with Crippen LogP contribution in [0.3, 0.4) is 0 Å². The molecule has 0 aliphatic carbocycles. The zero-order valence-corrected chi connectivity index (χ0v) is 14.1. The summed E-state index contributed by atoms with van der Waals surface area (Å²) in [6, 6.07) is 9.76. The van der Waals surface area contributed by atoms with Gasteiger partial charge in [0.1, 0.15) is 11.6 Å². The van der Waals surface area contributed by atoms with Crippen molar-refractivity contribution in [3.8, 4) is 5.75 Å². The van der Waals surface area contributed by atoms with Crippen molar-refractivity contribution in [1.29, 1.82) is 0 Å². The molecule has 0 saturated heterocycles. The van der Waals surface area contributed by atoms with E-state index in [9.17, 15) is 17.6 Å². The van der Waals surface area contributed by atoms with Gasteiger partial charge in [0.2, 0.25) is 0 Å². The molecule has 0 bridgehead atoms. The van der Waals surface area contributed by atoms with Gasteiger partial charge < -0.3 is 4.74 Å². The molecule has 0 unspecified atom stereocenters. The Morgan fingerprint density at radius 3 is 2.67 bits per heavy atom. The Labute approximate surface area is 143 Å². The highest BCUT2D eigenvalue weighted by atomic mass is 35.5. The molecule has 1 N–H and O–H groups in total. The van der Waals surface area contributed by atoms with E-state index in [4.69, 9.17) is 16.3 Å². The molecule has 24 heavy (non-hydrogen) atoms. The highest BCUT2D eigenvalue weighted by Crippen LogP contribution is 2.18. The van der Waals surface area contributed by atoms with Crippen LogP contribution in [0, 0.1) is 5.82 Å². The number of rotatable bonds is 5. The Hall–Kier alpha value is -2.38. The summed E-state index contributed by atoms with van der Waals surface area (Å²) in [4.78, 5) is 12.0. The molecule has 2 rings (SSSR count). The second kappa shape index (κ2) is 7.46. The summed E-state index contributed by atoms with van der Waals surface area (Å²) in [6.07, 6.45) is 1.31. The Morgan fingerprint density at radius 1 is 1.25 bits per heavy atom. The SMILES string of the molecule is COc1cccc(C=CS(=O)(=O)NC(=O)c2ccc(F)cc2Cl)c1. The number of sulfonamides is 1. The normalized spacial score (nSPS) is 11.5. The average Bonchev–Trinajstić information content (AvgIpc) is 2.52. The summed E-state index contributed by atoms with van der Waals surface area (Å²) in [5.41, 5.74) is 0.434. The lowest BCUT2D eigenvalue weighted by atomic mass is 10.2. The zero-order chi connectivity index (χ0) is 17.7. The fourth-order valence-corrected chi connectivity index (χ4v) is 2.83. The van der Waals surface area contributed by atoms with Crippen molar-refractivity contribution >= 4 is 33.6 Å². The maximum atomic E-state index is 13.0. The van der Waals surface area contributed by atoms with Crippen LogP contribution in [0.1, 0.15) is 15.9 Å². The van der Waals surface area contributed by atoms with Gasteiger partial charge in [-0.3, -0.25) is 4.79 Å². The minimum absolute atomic E-state index is 0.142. The highest BCUT2D eigenvalue weighted by molar-refractivity contribution is 7.93. The van der Waals surface area contributed by atoms with Gasteiger partial charge in [0.15, 0.2) is 0 Å². The van der Waals surface area contributed by atoms with Gasteiger partial charge in [-0.2, -0.15) is 0 Å². The molecule has 0 spiro atoms. The number of carbonyl (C=O) groups is 1. The molecule has 2 aromatic carbocycles.